The second-order valence-electron chi connectivity index (χ2n) is 4.21. The highest BCUT2D eigenvalue weighted by molar-refractivity contribution is 5.96. The fourth-order valence-electron chi connectivity index (χ4n) is 1.91. The van der Waals surface area contributed by atoms with Crippen LogP contribution >= 0.6 is 0 Å². The minimum atomic E-state index is -1.02. The largest absolute Gasteiger partial charge is 0.490 e. The quantitative estimate of drug-likeness (QED) is 0.789. The van der Waals surface area contributed by atoms with Crippen LogP contribution in [0.5, 0.6) is 5.75 Å². The predicted octanol–water partition coefficient (Wildman–Crippen LogP) is 2.11. The van der Waals surface area contributed by atoms with Crippen molar-refractivity contribution in [2.45, 2.75) is 6.92 Å². The van der Waals surface area contributed by atoms with Crippen LogP contribution < -0.4 is 4.74 Å². The van der Waals surface area contributed by atoms with Crippen molar-refractivity contribution < 1.29 is 19.4 Å². The minimum absolute atomic E-state index is 0.160. The molecule has 0 unspecified atom stereocenters. The predicted molar refractivity (Wildman–Crippen MR) is 73.1 cm³/mol. The molecule has 0 spiro atoms. The van der Waals surface area contributed by atoms with E-state index in [-0.39, 0.29) is 5.56 Å². The van der Waals surface area contributed by atoms with Gasteiger partial charge in [-0.2, -0.15) is 5.10 Å². The first-order valence-corrected chi connectivity index (χ1v) is 6.14. The molecule has 2 rings (SSSR count). The lowest BCUT2D eigenvalue weighted by Crippen LogP contribution is -2.06. The van der Waals surface area contributed by atoms with Gasteiger partial charge in [0.05, 0.1) is 6.61 Å². The van der Waals surface area contributed by atoms with Crippen LogP contribution in [0.3, 0.4) is 0 Å². The van der Waals surface area contributed by atoms with Crippen molar-refractivity contribution in [1.82, 2.24) is 10.2 Å². The highest BCUT2D eigenvalue weighted by atomic mass is 16.5. The first-order valence-electron chi connectivity index (χ1n) is 6.14. The molecule has 0 aliphatic heterocycles. The smallest absolute Gasteiger partial charge is 0.339 e. The van der Waals surface area contributed by atoms with Gasteiger partial charge in [-0.1, -0.05) is 12.1 Å². The van der Waals surface area contributed by atoms with E-state index in [9.17, 15) is 9.90 Å². The van der Waals surface area contributed by atoms with Crippen molar-refractivity contribution >= 4 is 5.97 Å². The van der Waals surface area contributed by atoms with Gasteiger partial charge in [-0.3, -0.25) is 5.10 Å². The van der Waals surface area contributed by atoms with Crippen LogP contribution in [-0.4, -0.2) is 41.6 Å². The van der Waals surface area contributed by atoms with Crippen molar-refractivity contribution in [2.24, 2.45) is 0 Å². The maximum atomic E-state index is 11.3. The number of carbonyl (C=O) groups is 1. The Morgan fingerprint density at radius 1 is 1.35 bits per heavy atom. The normalized spacial score (nSPS) is 10.5. The molecule has 0 saturated heterocycles. The maximum Gasteiger partial charge on any atom is 0.339 e. The average Bonchev–Trinajstić information content (AvgIpc) is 2.81. The number of aryl methyl sites for hydroxylation is 1. The molecule has 6 heteroatoms. The lowest BCUT2D eigenvalue weighted by Gasteiger charge is -2.10. The topological polar surface area (TPSA) is 84.4 Å². The second-order valence-corrected chi connectivity index (χ2v) is 4.21. The van der Waals surface area contributed by atoms with E-state index >= 15 is 0 Å². The van der Waals surface area contributed by atoms with E-state index in [0.717, 1.165) is 0 Å². The van der Waals surface area contributed by atoms with Gasteiger partial charge in [0.15, 0.2) is 0 Å². The zero-order valence-electron chi connectivity index (χ0n) is 11.3. The van der Waals surface area contributed by atoms with E-state index in [2.05, 4.69) is 10.2 Å². The fraction of sp³-hybridized carbons (Fsp3) is 0.286. The molecule has 0 aliphatic rings. The summed E-state index contributed by atoms with van der Waals surface area (Å²) in [5.41, 5.74) is 1.69. The Morgan fingerprint density at radius 2 is 2.10 bits per heavy atom. The molecule has 1 heterocycles. The lowest BCUT2D eigenvalue weighted by atomic mass is 10.1. The highest BCUT2D eigenvalue weighted by Crippen LogP contribution is 2.31. The molecule has 6 nitrogen and oxygen atoms in total. The van der Waals surface area contributed by atoms with Crippen molar-refractivity contribution in [2.75, 3.05) is 20.3 Å². The molecule has 0 atom stereocenters. The van der Waals surface area contributed by atoms with E-state index in [1.807, 2.05) is 12.1 Å². The number of hydrogen-bond donors (Lipinski definition) is 2. The van der Waals surface area contributed by atoms with Crippen molar-refractivity contribution in [3.63, 3.8) is 0 Å². The Kier molecular flexibility index (Phi) is 4.37. The van der Waals surface area contributed by atoms with Crippen LogP contribution in [0.1, 0.15) is 16.1 Å². The minimum Gasteiger partial charge on any atom is -0.490 e. The summed E-state index contributed by atoms with van der Waals surface area (Å²) in [6, 6.07) is 7.20. The van der Waals surface area contributed by atoms with E-state index in [1.54, 1.807) is 26.2 Å². The number of rotatable bonds is 6. The Labute approximate surface area is 116 Å². The van der Waals surface area contributed by atoms with Gasteiger partial charge in [0.2, 0.25) is 0 Å². The Hall–Kier alpha value is -2.34. The first kappa shape index (κ1) is 14.1. The molecule has 0 amide bonds. The molecule has 2 aromatic rings. The van der Waals surface area contributed by atoms with Crippen molar-refractivity contribution in [3.8, 4) is 17.0 Å². The molecule has 2 N–H and O–H groups in total. The molecule has 0 aliphatic carbocycles. The van der Waals surface area contributed by atoms with E-state index < -0.39 is 5.97 Å². The number of nitrogens with zero attached hydrogens (tertiary/aromatic N) is 1. The van der Waals surface area contributed by atoms with E-state index in [4.69, 9.17) is 9.47 Å². The van der Waals surface area contributed by atoms with Crippen LogP contribution in [0.25, 0.3) is 11.3 Å². The van der Waals surface area contributed by atoms with E-state index in [1.165, 1.54) is 0 Å². The molecule has 20 heavy (non-hydrogen) atoms. The Balaban J connectivity index is 2.40. The van der Waals surface area contributed by atoms with Gasteiger partial charge in [0, 0.05) is 18.4 Å². The monoisotopic (exact) mass is 276 g/mol. The van der Waals surface area contributed by atoms with Crippen LogP contribution in [0, 0.1) is 6.92 Å². The molecular weight excluding hydrogens is 260 g/mol. The number of ether oxygens (including phenoxy) is 2. The van der Waals surface area contributed by atoms with Gasteiger partial charge in [-0.25, -0.2) is 4.79 Å². The number of aromatic amines is 1. The fourth-order valence-corrected chi connectivity index (χ4v) is 1.91. The summed E-state index contributed by atoms with van der Waals surface area (Å²) in [6.45, 7) is 2.52. The first-order chi connectivity index (χ1) is 9.65. The third-order valence-corrected chi connectivity index (χ3v) is 2.85. The van der Waals surface area contributed by atoms with Gasteiger partial charge in [-0.05, 0) is 19.1 Å². The number of benzene rings is 1. The summed E-state index contributed by atoms with van der Waals surface area (Å²) in [7, 11) is 1.59. The number of carboxylic acid groups (broad SMARTS) is 1. The number of H-pyrrole nitrogens is 1. The number of methoxy groups -OCH3 is 1. The standard InChI is InChI=1S/C14H16N2O4/c1-9-12(14(17)18)13(16-15-9)10-5-3-4-6-11(10)20-8-7-19-2/h3-6H,7-8H2,1-2H3,(H,15,16)(H,17,18). The zero-order valence-corrected chi connectivity index (χ0v) is 11.3. The van der Waals surface area contributed by atoms with Crippen LogP contribution in [0.2, 0.25) is 0 Å². The molecule has 1 aromatic carbocycles. The average molecular weight is 276 g/mol. The summed E-state index contributed by atoms with van der Waals surface area (Å²) < 4.78 is 10.5. The number of para-hydroxylation sites is 1. The second kappa shape index (κ2) is 6.21. The van der Waals surface area contributed by atoms with Crippen LogP contribution in [0.15, 0.2) is 24.3 Å². The third-order valence-electron chi connectivity index (χ3n) is 2.85. The SMILES string of the molecule is COCCOc1ccccc1-c1n[nH]c(C)c1C(=O)O. The summed E-state index contributed by atoms with van der Waals surface area (Å²) in [5, 5.41) is 16.1. The molecule has 106 valence electrons. The molecule has 0 fully saturated rings. The van der Waals surface area contributed by atoms with Crippen LogP contribution in [0.4, 0.5) is 0 Å². The number of carboxylic acids is 1. The molecule has 0 saturated carbocycles. The Morgan fingerprint density at radius 3 is 2.80 bits per heavy atom. The van der Waals surface area contributed by atoms with E-state index in [0.29, 0.717) is 35.9 Å². The number of aromatic carboxylic acids is 1. The lowest BCUT2D eigenvalue weighted by molar-refractivity contribution is 0.0697. The molecular formula is C14H16N2O4. The molecule has 0 bridgehead atoms. The Bertz CT molecular complexity index is 607. The van der Waals surface area contributed by atoms with Gasteiger partial charge in [0.1, 0.15) is 23.6 Å². The maximum absolute atomic E-state index is 11.3. The summed E-state index contributed by atoms with van der Waals surface area (Å²) >= 11 is 0. The summed E-state index contributed by atoms with van der Waals surface area (Å²) in [4.78, 5) is 11.3. The van der Waals surface area contributed by atoms with Gasteiger partial charge >= 0.3 is 5.97 Å². The summed E-state index contributed by atoms with van der Waals surface area (Å²) in [6.07, 6.45) is 0. The highest BCUT2D eigenvalue weighted by Gasteiger charge is 2.20. The van der Waals surface area contributed by atoms with Crippen molar-refractivity contribution in [3.05, 3.63) is 35.5 Å². The third kappa shape index (κ3) is 2.80. The van der Waals surface area contributed by atoms with Gasteiger partial charge < -0.3 is 14.6 Å². The van der Waals surface area contributed by atoms with Crippen molar-refractivity contribution in [1.29, 1.82) is 0 Å². The molecule has 0 radical (unpaired) electrons. The summed E-state index contributed by atoms with van der Waals surface area (Å²) in [5.74, 6) is -0.434. The molecule has 1 aromatic heterocycles. The number of nitrogens with one attached hydrogen (secondary N) is 1. The number of hydrogen-bond acceptors (Lipinski definition) is 4. The van der Waals surface area contributed by atoms with Gasteiger partial charge in [0.25, 0.3) is 0 Å². The van der Waals surface area contributed by atoms with Gasteiger partial charge in [-0.15, -0.1) is 0 Å². The number of aromatic nitrogens is 2. The van der Waals surface area contributed by atoms with Crippen LogP contribution in [-0.2, 0) is 4.74 Å². The zero-order chi connectivity index (χ0) is 14.5.